The monoisotopic (exact) mass is 342 g/mol. The average Bonchev–Trinajstić information content (AvgIpc) is 2.43. The molecule has 1 heterocycles. The van der Waals surface area contributed by atoms with Gasteiger partial charge in [-0.3, -0.25) is 0 Å². The number of benzene rings is 1. The lowest BCUT2D eigenvalue weighted by Crippen LogP contribution is -2.04. The van der Waals surface area contributed by atoms with Crippen LogP contribution < -0.4 is 10.6 Å². The fraction of sp³-hybridized carbons (Fsp3) is 0.231. The van der Waals surface area contributed by atoms with E-state index in [2.05, 4.69) is 36.5 Å². The average molecular weight is 343 g/mol. The van der Waals surface area contributed by atoms with Crippen molar-refractivity contribution >= 4 is 33.3 Å². The van der Waals surface area contributed by atoms with Crippen LogP contribution in [0, 0.1) is 11.6 Å². The summed E-state index contributed by atoms with van der Waals surface area (Å²) in [5.74, 6) is -0.103. The van der Waals surface area contributed by atoms with Gasteiger partial charge >= 0.3 is 0 Å². The third kappa shape index (κ3) is 3.63. The molecule has 2 aromatic rings. The van der Waals surface area contributed by atoms with E-state index in [9.17, 15) is 8.78 Å². The van der Waals surface area contributed by atoms with Gasteiger partial charge in [0.15, 0.2) is 0 Å². The van der Waals surface area contributed by atoms with E-state index in [1.165, 1.54) is 6.33 Å². The quantitative estimate of drug-likeness (QED) is 0.803. The summed E-state index contributed by atoms with van der Waals surface area (Å²) in [5.41, 5.74) is 0.0193. The van der Waals surface area contributed by atoms with Gasteiger partial charge in [-0.1, -0.05) is 6.92 Å². The van der Waals surface area contributed by atoms with Crippen molar-refractivity contribution in [2.75, 3.05) is 17.2 Å². The van der Waals surface area contributed by atoms with Gasteiger partial charge in [0.1, 0.15) is 29.6 Å². The molecule has 0 aliphatic heterocycles. The van der Waals surface area contributed by atoms with E-state index in [0.29, 0.717) is 11.6 Å². The lowest BCUT2D eigenvalue weighted by atomic mass is 10.3. The number of aromatic nitrogens is 2. The fourth-order valence-corrected chi connectivity index (χ4v) is 1.85. The lowest BCUT2D eigenvalue weighted by Gasteiger charge is -2.09. The summed E-state index contributed by atoms with van der Waals surface area (Å²) < 4.78 is 27.2. The van der Waals surface area contributed by atoms with Gasteiger partial charge in [-0.05, 0) is 28.4 Å². The third-order valence-corrected chi connectivity index (χ3v) is 3.10. The maximum atomic E-state index is 13.7. The molecular formula is C13H13BrF2N4. The van der Waals surface area contributed by atoms with Crippen LogP contribution in [0.15, 0.2) is 29.0 Å². The maximum absolute atomic E-state index is 13.7. The Morgan fingerprint density at radius 2 is 1.85 bits per heavy atom. The van der Waals surface area contributed by atoms with Crippen molar-refractivity contribution in [2.45, 2.75) is 13.3 Å². The molecule has 0 radical (unpaired) electrons. The molecular weight excluding hydrogens is 330 g/mol. The molecule has 0 fully saturated rings. The van der Waals surface area contributed by atoms with Crippen molar-refractivity contribution in [1.29, 1.82) is 0 Å². The van der Waals surface area contributed by atoms with Gasteiger partial charge in [0.05, 0.1) is 10.2 Å². The van der Waals surface area contributed by atoms with Crippen molar-refractivity contribution in [2.24, 2.45) is 0 Å². The predicted molar refractivity (Wildman–Crippen MR) is 78.2 cm³/mol. The van der Waals surface area contributed by atoms with E-state index in [1.807, 2.05) is 6.92 Å². The van der Waals surface area contributed by atoms with Gasteiger partial charge in [-0.2, -0.15) is 0 Å². The topological polar surface area (TPSA) is 49.8 Å². The summed E-state index contributed by atoms with van der Waals surface area (Å²) in [4.78, 5) is 8.01. The molecule has 0 unspecified atom stereocenters. The van der Waals surface area contributed by atoms with Crippen molar-refractivity contribution in [3.63, 3.8) is 0 Å². The zero-order chi connectivity index (χ0) is 14.5. The Morgan fingerprint density at radius 3 is 2.60 bits per heavy atom. The van der Waals surface area contributed by atoms with Crippen molar-refractivity contribution in [1.82, 2.24) is 9.97 Å². The molecule has 0 amide bonds. The molecule has 0 saturated heterocycles. The molecule has 2 N–H and O–H groups in total. The normalized spacial score (nSPS) is 10.4. The highest BCUT2D eigenvalue weighted by atomic mass is 79.9. The molecule has 0 atom stereocenters. The molecule has 1 aromatic carbocycles. The summed E-state index contributed by atoms with van der Waals surface area (Å²) in [5, 5.41) is 5.82. The Balaban J connectivity index is 2.19. The van der Waals surface area contributed by atoms with Gasteiger partial charge in [-0.25, -0.2) is 18.7 Å². The molecule has 1 aromatic heterocycles. The Hall–Kier alpha value is -1.76. The Labute approximate surface area is 123 Å². The smallest absolute Gasteiger partial charge is 0.148 e. The van der Waals surface area contributed by atoms with E-state index < -0.39 is 11.6 Å². The van der Waals surface area contributed by atoms with E-state index in [1.54, 1.807) is 6.07 Å². The van der Waals surface area contributed by atoms with Crippen LogP contribution in [0.5, 0.6) is 0 Å². The second-order valence-electron chi connectivity index (χ2n) is 4.09. The molecule has 20 heavy (non-hydrogen) atoms. The van der Waals surface area contributed by atoms with Gasteiger partial charge in [-0.15, -0.1) is 0 Å². The van der Waals surface area contributed by atoms with E-state index in [-0.39, 0.29) is 10.2 Å². The van der Waals surface area contributed by atoms with Crippen LogP contribution in [0.2, 0.25) is 0 Å². The minimum atomic E-state index is -0.569. The minimum Gasteiger partial charge on any atom is -0.370 e. The third-order valence-electron chi connectivity index (χ3n) is 2.50. The fourth-order valence-electron chi connectivity index (χ4n) is 1.53. The summed E-state index contributed by atoms with van der Waals surface area (Å²) in [6, 6.07) is 3.77. The number of hydrogen-bond donors (Lipinski definition) is 2. The zero-order valence-corrected chi connectivity index (χ0v) is 12.3. The first-order chi connectivity index (χ1) is 9.60. The number of nitrogens with one attached hydrogen (secondary N) is 2. The molecule has 0 aliphatic carbocycles. The van der Waals surface area contributed by atoms with Crippen molar-refractivity contribution in [3.8, 4) is 0 Å². The van der Waals surface area contributed by atoms with Gasteiger partial charge in [0.25, 0.3) is 0 Å². The lowest BCUT2D eigenvalue weighted by molar-refractivity contribution is 0.597. The molecule has 0 aliphatic rings. The molecule has 0 saturated carbocycles. The van der Waals surface area contributed by atoms with Crippen LogP contribution >= 0.6 is 15.9 Å². The van der Waals surface area contributed by atoms with Crippen LogP contribution in [-0.4, -0.2) is 16.5 Å². The largest absolute Gasteiger partial charge is 0.370 e. The molecule has 106 valence electrons. The number of nitrogens with zero attached hydrogens (tertiary/aromatic N) is 2. The minimum absolute atomic E-state index is 0.0193. The van der Waals surface area contributed by atoms with Gasteiger partial charge in [0.2, 0.25) is 0 Å². The first-order valence-electron chi connectivity index (χ1n) is 6.07. The molecule has 0 spiro atoms. The first kappa shape index (κ1) is 14.6. The molecule has 4 nitrogen and oxygen atoms in total. The Kier molecular flexibility index (Phi) is 4.84. The second kappa shape index (κ2) is 6.60. The second-order valence-corrected chi connectivity index (χ2v) is 4.94. The van der Waals surface area contributed by atoms with Crippen LogP contribution in [0.25, 0.3) is 0 Å². The van der Waals surface area contributed by atoms with Crippen LogP contribution in [0.4, 0.5) is 26.1 Å². The van der Waals surface area contributed by atoms with E-state index >= 15 is 0 Å². The first-order valence-corrected chi connectivity index (χ1v) is 6.87. The zero-order valence-electron chi connectivity index (χ0n) is 10.8. The summed E-state index contributed by atoms with van der Waals surface area (Å²) in [6.07, 6.45) is 2.31. The van der Waals surface area contributed by atoms with Gasteiger partial charge < -0.3 is 10.6 Å². The SMILES string of the molecule is CCCNc1cc(Nc2cc(F)c(Br)cc2F)ncn1. The van der Waals surface area contributed by atoms with E-state index in [0.717, 1.165) is 25.1 Å². The Bertz CT molecular complexity index is 607. The van der Waals surface area contributed by atoms with Crippen molar-refractivity contribution < 1.29 is 8.78 Å². The number of rotatable bonds is 5. The highest BCUT2D eigenvalue weighted by molar-refractivity contribution is 9.10. The highest BCUT2D eigenvalue weighted by Gasteiger charge is 2.09. The summed E-state index contributed by atoms with van der Waals surface area (Å²) in [6.45, 7) is 2.81. The van der Waals surface area contributed by atoms with Crippen molar-refractivity contribution in [3.05, 3.63) is 40.6 Å². The van der Waals surface area contributed by atoms with Crippen LogP contribution in [0.3, 0.4) is 0 Å². The molecule has 2 rings (SSSR count). The van der Waals surface area contributed by atoms with Gasteiger partial charge in [0, 0.05) is 18.7 Å². The van der Waals surface area contributed by atoms with Crippen LogP contribution in [-0.2, 0) is 0 Å². The number of hydrogen-bond acceptors (Lipinski definition) is 4. The standard InChI is InChI=1S/C13H13BrF2N4/c1-2-3-17-12-6-13(19-7-18-12)20-11-5-9(15)8(14)4-10(11)16/h4-7H,2-3H2,1H3,(H2,17,18,19,20). The summed E-state index contributed by atoms with van der Waals surface area (Å²) in [7, 11) is 0. The number of halogens is 3. The predicted octanol–water partition coefficient (Wildman–Crippen LogP) is 4.08. The maximum Gasteiger partial charge on any atom is 0.148 e. The van der Waals surface area contributed by atoms with Crippen LogP contribution in [0.1, 0.15) is 13.3 Å². The van der Waals surface area contributed by atoms with E-state index in [4.69, 9.17) is 0 Å². The highest BCUT2D eigenvalue weighted by Crippen LogP contribution is 2.25. The summed E-state index contributed by atoms with van der Waals surface area (Å²) >= 11 is 2.93. The number of anilines is 3. The molecule has 0 bridgehead atoms. The molecule has 7 heteroatoms. The Morgan fingerprint density at radius 1 is 1.10 bits per heavy atom.